The predicted molar refractivity (Wildman–Crippen MR) is 205 cm³/mol. The Morgan fingerprint density at radius 3 is 2.51 bits per heavy atom. The smallest absolute Gasteiger partial charge is 0.304 e. The number of benzene rings is 4. The van der Waals surface area contributed by atoms with Crippen molar-refractivity contribution in [2.24, 2.45) is 0 Å². The quantitative estimate of drug-likeness (QED) is 0.106. The van der Waals surface area contributed by atoms with Crippen molar-refractivity contribution < 1.29 is 13.6 Å². The number of fused-ring (bicyclic) bond motifs is 15. The molecule has 0 N–H and O–H groups in total. The molecule has 9 rings (SSSR count). The number of hydrogen-bond donors (Lipinski definition) is 0. The highest BCUT2D eigenvalue weighted by molar-refractivity contribution is 6.88. The van der Waals surface area contributed by atoms with Gasteiger partial charge in [-0.05, 0) is 67.8 Å². The summed E-state index contributed by atoms with van der Waals surface area (Å²) in [5, 5.41) is 3.72. The number of hydrogen-bond acceptors (Lipinski definition) is 1. The van der Waals surface area contributed by atoms with Crippen molar-refractivity contribution >= 4 is 57.6 Å². The van der Waals surface area contributed by atoms with Gasteiger partial charge in [-0.25, -0.2) is 0 Å². The van der Waals surface area contributed by atoms with Gasteiger partial charge in [-0.2, -0.15) is 13.7 Å². The third-order valence-corrected chi connectivity index (χ3v) is 12.9. The Morgan fingerprint density at radius 1 is 0.898 bits per heavy atom. The lowest BCUT2D eigenvalue weighted by molar-refractivity contribution is -0.704. The minimum Gasteiger partial charge on any atom is -0.455 e. The molecule has 4 nitrogen and oxygen atoms in total. The van der Waals surface area contributed by atoms with Crippen molar-refractivity contribution in [3.05, 3.63) is 140 Å². The molecule has 0 saturated heterocycles. The number of para-hydroxylation sites is 3. The van der Waals surface area contributed by atoms with Crippen LogP contribution in [-0.4, -0.2) is 12.6 Å². The van der Waals surface area contributed by atoms with Gasteiger partial charge in [0.1, 0.15) is 16.8 Å². The first kappa shape index (κ1) is 29.8. The normalized spacial score (nSPS) is 17.5. The number of furan rings is 1. The second-order valence-corrected chi connectivity index (χ2v) is 19.8. The Kier molecular flexibility index (Phi) is 6.62. The Hall–Kier alpha value is -5.26. The molecule has 2 unspecified atom stereocenters. The summed E-state index contributed by atoms with van der Waals surface area (Å²) in [7, 11) is -1.62. The van der Waals surface area contributed by atoms with Crippen molar-refractivity contribution in [1.29, 1.82) is 0 Å². The molecule has 240 valence electrons. The summed E-state index contributed by atoms with van der Waals surface area (Å²) in [5.41, 5.74) is 12.6. The summed E-state index contributed by atoms with van der Waals surface area (Å²) in [4.78, 5) is 0. The molecule has 5 heteroatoms. The molecule has 0 saturated carbocycles. The fraction of sp³-hybridized carbons (Fsp3) is 0.182. The van der Waals surface area contributed by atoms with Gasteiger partial charge in [-0.15, -0.1) is 0 Å². The van der Waals surface area contributed by atoms with Crippen LogP contribution in [0.1, 0.15) is 36.4 Å². The summed E-state index contributed by atoms with van der Waals surface area (Å²) in [6, 6.07) is 35.6. The Labute approximate surface area is 288 Å². The van der Waals surface area contributed by atoms with E-state index in [2.05, 4.69) is 156 Å². The van der Waals surface area contributed by atoms with E-state index in [4.69, 9.17) is 11.0 Å². The summed E-state index contributed by atoms with van der Waals surface area (Å²) >= 11 is 0. The zero-order valence-electron chi connectivity index (χ0n) is 28.7. The van der Waals surface area contributed by atoms with E-state index < -0.39 is 8.07 Å². The van der Waals surface area contributed by atoms with Crippen LogP contribution in [0.15, 0.2) is 133 Å². The van der Waals surface area contributed by atoms with Gasteiger partial charge in [0.2, 0.25) is 11.7 Å². The second-order valence-electron chi connectivity index (χ2n) is 14.7. The third kappa shape index (κ3) is 4.35. The lowest BCUT2D eigenvalue weighted by Crippen LogP contribution is -2.53. The second kappa shape index (κ2) is 10.9. The van der Waals surface area contributed by atoms with Crippen LogP contribution in [0, 0.1) is 0 Å². The van der Waals surface area contributed by atoms with E-state index in [0.717, 1.165) is 68.6 Å². The maximum absolute atomic E-state index is 6.86. The number of aryl methyl sites for hydroxylation is 1. The number of imidazole rings is 1. The molecule has 0 spiro atoms. The van der Waals surface area contributed by atoms with Crippen LogP contribution in [-0.2, 0) is 6.42 Å². The maximum atomic E-state index is 6.86. The molecular formula is C44H41N3OSi+2. The van der Waals surface area contributed by atoms with Gasteiger partial charge >= 0.3 is 5.82 Å². The van der Waals surface area contributed by atoms with E-state index >= 15 is 0 Å². The van der Waals surface area contributed by atoms with Crippen LogP contribution >= 0.6 is 0 Å². The molecule has 49 heavy (non-hydrogen) atoms. The van der Waals surface area contributed by atoms with E-state index in [-0.39, 0.29) is 12.0 Å². The standard InChI is InChI=1S/C44H41N3OSi/c1-7-14-28(2)46-38-18-11-12-19-39(38)47-29(3)42-35(32-15-8-9-16-33(32)37-26-23-31(27-45(37)42)49(4,5)6)24-21-30-22-25-36-34-17-10-13-20-40(34)48-43(36)41(30)44(46)47/h7-20,22-23,25-27,35,42H,1,3,21,24H2,2,4-6H3/q+2/b28-14+. The van der Waals surface area contributed by atoms with Crippen LogP contribution in [0.3, 0.4) is 0 Å². The van der Waals surface area contributed by atoms with E-state index in [1.165, 1.54) is 27.6 Å². The van der Waals surface area contributed by atoms with Crippen LogP contribution < -0.4 is 14.3 Å². The van der Waals surface area contributed by atoms with E-state index in [1.54, 1.807) is 0 Å². The fourth-order valence-electron chi connectivity index (χ4n) is 8.56. The zero-order chi connectivity index (χ0) is 33.6. The molecular weight excluding hydrogens is 615 g/mol. The minimum atomic E-state index is -1.62. The monoisotopic (exact) mass is 655 g/mol. The van der Waals surface area contributed by atoms with Crippen molar-refractivity contribution in [2.75, 3.05) is 0 Å². The predicted octanol–water partition coefficient (Wildman–Crippen LogP) is 9.80. The van der Waals surface area contributed by atoms with E-state index in [9.17, 15) is 0 Å². The highest BCUT2D eigenvalue weighted by atomic mass is 28.3. The average Bonchev–Trinajstić information content (AvgIpc) is 3.66. The van der Waals surface area contributed by atoms with Gasteiger partial charge in [0.15, 0.2) is 28.5 Å². The summed E-state index contributed by atoms with van der Waals surface area (Å²) in [5.74, 6) is 1.30. The molecule has 5 heterocycles. The highest BCUT2D eigenvalue weighted by Gasteiger charge is 2.48. The molecule has 7 aromatic rings. The lowest BCUT2D eigenvalue weighted by atomic mass is 9.78. The SMILES string of the molecule is C=C/C=C(\C)[n+]1c2n(c3ccccc31)C(=C)C1C(CCc3ccc4c(oc5ccccc54)c3-2)c2ccccc2-c2ccc([Si](C)(C)C)c[n+]21. The molecule has 4 aromatic carbocycles. The molecule has 0 fully saturated rings. The van der Waals surface area contributed by atoms with Gasteiger partial charge in [-0.3, -0.25) is 0 Å². The highest BCUT2D eigenvalue weighted by Crippen LogP contribution is 2.48. The van der Waals surface area contributed by atoms with Crippen molar-refractivity contribution in [3.63, 3.8) is 0 Å². The Morgan fingerprint density at radius 2 is 1.67 bits per heavy atom. The van der Waals surface area contributed by atoms with Gasteiger partial charge in [0, 0.05) is 27.6 Å². The number of allylic oxidation sites excluding steroid dienone is 4. The lowest BCUT2D eigenvalue weighted by Gasteiger charge is -2.31. The number of pyridine rings is 1. The molecule has 2 aliphatic rings. The third-order valence-electron chi connectivity index (χ3n) is 10.9. The number of nitrogens with zero attached hydrogens (tertiary/aromatic N) is 3. The average molecular weight is 656 g/mol. The summed E-state index contributed by atoms with van der Waals surface area (Å²) in [6.45, 7) is 18.6. The Bertz CT molecular complexity index is 2560. The molecule has 2 aliphatic heterocycles. The zero-order valence-corrected chi connectivity index (χ0v) is 29.7. The molecule has 3 aromatic heterocycles. The first-order chi connectivity index (χ1) is 23.8. The van der Waals surface area contributed by atoms with Crippen molar-refractivity contribution in [2.45, 2.75) is 51.4 Å². The summed E-state index contributed by atoms with van der Waals surface area (Å²) in [6.07, 6.45) is 8.33. The van der Waals surface area contributed by atoms with E-state index in [0.29, 0.717) is 0 Å². The van der Waals surface area contributed by atoms with Gasteiger partial charge < -0.3 is 4.42 Å². The largest absolute Gasteiger partial charge is 0.455 e. The number of aromatic nitrogens is 3. The van der Waals surface area contributed by atoms with Crippen LogP contribution in [0.5, 0.6) is 0 Å². The topological polar surface area (TPSA) is 25.8 Å². The minimum absolute atomic E-state index is 0.00775. The Balaban J connectivity index is 1.45. The number of rotatable bonds is 3. The molecule has 0 amide bonds. The molecule has 0 bridgehead atoms. The van der Waals surface area contributed by atoms with E-state index in [1.807, 2.05) is 6.08 Å². The molecule has 0 radical (unpaired) electrons. The summed E-state index contributed by atoms with van der Waals surface area (Å²) < 4.78 is 14.3. The maximum Gasteiger partial charge on any atom is 0.304 e. The molecule has 0 aliphatic carbocycles. The van der Waals surface area contributed by atoms with Gasteiger partial charge in [0.25, 0.3) is 0 Å². The van der Waals surface area contributed by atoms with Crippen LogP contribution in [0.4, 0.5) is 0 Å². The first-order valence-corrected chi connectivity index (χ1v) is 20.9. The fourth-order valence-corrected chi connectivity index (χ4v) is 9.67. The van der Waals surface area contributed by atoms with Gasteiger partial charge in [0.05, 0.1) is 14.0 Å². The van der Waals surface area contributed by atoms with Crippen LogP contribution in [0.2, 0.25) is 19.6 Å². The van der Waals surface area contributed by atoms with Crippen LogP contribution in [0.25, 0.3) is 67.0 Å². The molecule has 2 atom stereocenters. The van der Waals surface area contributed by atoms with Crippen molar-refractivity contribution in [1.82, 2.24) is 4.57 Å². The first-order valence-electron chi connectivity index (χ1n) is 17.4. The van der Waals surface area contributed by atoms with Crippen molar-refractivity contribution in [3.8, 4) is 22.6 Å². The van der Waals surface area contributed by atoms with Gasteiger partial charge in [-0.1, -0.05) is 99.0 Å².